The number of nitrogens with two attached hydrogens (primary N) is 1. The summed E-state index contributed by atoms with van der Waals surface area (Å²) in [5, 5.41) is 1.49. The van der Waals surface area contributed by atoms with Gasteiger partial charge in [-0.25, -0.2) is 9.97 Å². The van der Waals surface area contributed by atoms with Crippen LogP contribution in [-0.2, 0) is 0 Å². The first-order chi connectivity index (χ1) is 8.72. The number of halogens is 1. The fraction of sp³-hybridized carbons (Fsp3) is 0. The van der Waals surface area contributed by atoms with E-state index in [1.165, 1.54) is 11.8 Å². The molecule has 0 saturated heterocycles. The van der Waals surface area contributed by atoms with E-state index in [2.05, 4.69) is 9.97 Å². The lowest BCUT2D eigenvalue weighted by Gasteiger charge is -2.04. The molecule has 1 aromatic carbocycles. The van der Waals surface area contributed by atoms with Crippen LogP contribution in [0.5, 0.6) is 0 Å². The Morgan fingerprint density at radius 3 is 2.78 bits per heavy atom. The van der Waals surface area contributed by atoms with Gasteiger partial charge < -0.3 is 10.1 Å². The number of fused-ring (bicyclic) bond motifs is 1. The van der Waals surface area contributed by atoms with Gasteiger partial charge in [0.15, 0.2) is 5.65 Å². The van der Waals surface area contributed by atoms with Gasteiger partial charge in [-0.2, -0.15) is 0 Å². The summed E-state index contributed by atoms with van der Waals surface area (Å²) in [6, 6.07) is 7.58. The molecule has 6 heteroatoms. The third kappa shape index (κ3) is 2.14. The Morgan fingerprint density at radius 2 is 2.00 bits per heavy atom. The quantitative estimate of drug-likeness (QED) is 0.781. The van der Waals surface area contributed by atoms with Gasteiger partial charge in [0.2, 0.25) is 0 Å². The molecular formula is C12H9ClN4S. The first kappa shape index (κ1) is 11.4. The van der Waals surface area contributed by atoms with E-state index in [1.54, 1.807) is 12.4 Å². The molecule has 2 aromatic heterocycles. The Hall–Kier alpha value is -1.72. The van der Waals surface area contributed by atoms with Gasteiger partial charge in [0, 0.05) is 22.3 Å². The smallest absolute Gasteiger partial charge is 0.170 e. The van der Waals surface area contributed by atoms with Crippen LogP contribution in [0, 0.1) is 0 Å². The Labute approximate surface area is 113 Å². The van der Waals surface area contributed by atoms with Crippen LogP contribution in [0.4, 0.5) is 5.82 Å². The van der Waals surface area contributed by atoms with Crippen molar-refractivity contribution >= 4 is 34.8 Å². The molecule has 2 N–H and O–H groups in total. The molecule has 4 nitrogen and oxygen atoms in total. The molecule has 18 heavy (non-hydrogen) atoms. The van der Waals surface area contributed by atoms with E-state index in [0.717, 1.165) is 15.6 Å². The lowest BCUT2D eigenvalue weighted by molar-refractivity contribution is 1.04. The standard InChI is InChI=1S/C12H9ClN4S/c13-8-1-3-9(4-2-8)18-12-11-15-5-6-17(11)7-10(14)16-12/h1-7H,14H2. The predicted octanol–water partition coefficient (Wildman–Crippen LogP) is 3.12. The lowest BCUT2D eigenvalue weighted by atomic mass is 10.4. The van der Waals surface area contributed by atoms with E-state index in [-0.39, 0.29) is 0 Å². The zero-order chi connectivity index (χ0) is 12.5. The van der Waals surface area contributed by atoms with Crippen molar-refractivity contribution in [1.29, 1.82) is 0 Å². The van der Waals surface area contributed by atoms with Crippen molar-refractivity contribution in [2.75, 3.05) is 5.73 Å². The summed E-state index contributed by atoms with van der Waals surface area (Å²) in [6.45, 7) is 0. The second kappa shape index (κ2) is 4.51. The van der Waals surface area contributed by atoms with E-state index in [1.807, 2.05) is 34.9 Å². The Bertz CT molecular complexity index is 693. The third-order valence-corrected chi connectivity index (χ3v) is 3.62. The van der Waals surface area contributed by atoms with Gasteiger partial charge in [-0.3, -0.25) is 0 Å². The number of nitrogens with zero attached hydrogens (tertiary/aromatic N) is 3. The first-order valence-electron chi connectivity index (χ1n) is 5.25. The van der Waals surface area contributed by atoms with Crippen molar-refractivity contribution in [1.82, 2.24) is 14.4 Å². The molecule has 90 valence electrons. The largest absolute Gasteiger partial charge is 0.382 e. The number of anilines is 1. The summed E-state index contributed by atoms with van der Waals surface area (Å²) < 4.78 is 1.86. The van der Waals surface area contributed by atoms with E-state index >= 15 is 0 Å². The molecule has 2 heterocycles. The SMILES string of the molecule is Nc1cn2ccnc2c(Sc2ccc(Cl)cc2)n1. The molecular weight excluding hydrogens is 268 g/mol. The maximum atomic E-state index is 5.86. The van der Waals surface area contributed by atoms with E-state index in [0.29, 0.717) is 10.8 Å². The van der Waals surface area contributed by atoms with Gasteiger partial charge in [-0.15, -0.1) is 0 Å². The number of nitrogen functional groups attached to an aromatic ring is 1. The van der Waals surface area contributed by atoms with Crippen molar-refractivity contribution < 1.29 is 0 Å². The van der Waals surface area contributed by atoms with Crippen LogP contribution in [0.25, 0.3) is 5.65 Å². The van der Waals surface area contributed by atoms with Crippen LogP contribution in [0.2, 0.25) is 5.02 Å². The van der Waals surface area contributed by atoms with Crippen LogP contribution >= 0.6 is 23.4 Å². The predicted molar refractivity (Wildman–Crippen MR) is 73.0 cm³/mol. The first-order valence-corrected chi connectivity index (χ1v) is 6.44. The average Bonchev–Trinajstić information content (AvgIpc) is 2.80. The zero-order valence-corrected chi connectivity index (χ0v) is 10.8. The fourth-order valence-electron chi connectivity index (χ4n) is 1.60. The molecule has 0 unspecified atom stereocenters. The van der Waals surface area contributed by atoms with Gasteiger partial charge in [0.25, 0.3) is 0 Å². The van der Waals surface area contributed by atoms with Gasteiger partial charge in [0.05, 0.1) is 6.20 Å². The molecule has 0 amide bonds. The van der Waals surface area contributed by atoms with E-state index in [9.17, 15) is 0 Å². The van der Waals surface area contributed by atoms with Crippen LogP contribution in [0.15, 0.2) is 52.8 Å². The van der Waals surface area contributed by atoms with Crippen molar-refractivity contribution in [3.05, 3.63) is 47.9 Å². The van der Waals surface area contributed by atoms with Gasteiger partial charge in [-0.1, -0.05) is 23.4 Å². The van der Waals surface area contributed by atoms with E-state index < -0.39 is 0 Å². The van der Waals surface area contributed by atoms with Crippen molar-refractivity contribution in [2.24, 2.45) is 0 Å². The van der Waals surface area contributed by atoms with Gasteiger partial charge >= 0.3 is 0 Å². The second-order valence-electron chi connectivity index (χ2n) is 3.69. The summed E-state index contributed by atoms with van der Waals surface area (Å²) in [7, 11) is 0. The number of hydrogen-bond donors (Lipinski definition) is 1. The summed E-state index contributed by atoms with van der Waals surface area (Å²) in [6.07, 6.45) is 5.32. The number of benzene rings is 1. The highest BCUT2D eigenvalue weighted by Gasteiger charge is 2.08. The van der Waals surface area contributed by atoms with Crippen LogP contribution < -0.4 is 5.73 Å². The molecule has 0 spiro atoms. The Morgan fingerprint density at radius 1 is 1.22 bits per heavy atom. The molecule has 0 aliphatic rings. The highest BCUT2D eigenvalue weighted by molar-refractivity contribution is 7.99. The molecule has 3 rings (SSSR count). The van der Waals surface area contributed by atoms with Gasteiger partial charge in [-0.05, 0) is 24.3 Å². The zero-order valence-electron chi connectivity index (χ0n) is 9.25. The minimum atomic E-state index is 0.469. The molecule has 0 atom stereocenters. The van der Waals surface area contributed by atoms with Crippen molar-refractivity contribution in [3.8, 4) is 0 Å². The van der Waals surface area contributed by atoms with Crippen LogP contribution in [0.1, 0.15) is 0 Å². The van der Waals surface area contributed by atoms with Crippen LogP contribution in [-0.4, -0.2) is 14.4 Å². The molecule has 0 aliphatic carbocycles. The minimum absolute atomic E-state index is 0.469. The summed E-state index contributed by atoms with van der Waals surface area (Å²) in [4.78, 5) is 9.63. The lowest BCUT2D eigenvalue weighted by Crippen LogP contribution is -1.97. The van der Waals surface area contributed by atoms with Crippen LogP contribution in [0.3, 0.4) is 0 Å². The molecule has 0 fully saturated rings. The molecule has 0 radical (unpaired) electrons. The topological polar surface area (TPSA) is 56.2 Å². The fourth-order valence-corrected chi connectivity index (χ4v) is 2.63. The number of aromatic nitrogens is 3. The average molecular weight is 277 g/mol. The highest BCUT2D eigenvalue weighted by atomic mass is 35.5. The van der Waals surface area contributed by atoms with Crippen molar-refractivity contribution in [2.45, 2.75) is 9.92 Å². The molecule has 0 saturated carbocycles. The monoisotopic (exact) mass is 276 g/mol. The van der Waals surface area contributed by atoms with Crippen molar-refractivity contribution in [3.63, 3.8) is 0 Å². The molecule has 0 aliphatic heterocycles. The number of imidazole rings is 1. The number of hydrogen-bond acceptors (Lipinski definition) is 4. The summed E-state index contributed by atoms with van der Waals surface area (Å²) in [5.41, 5.74) is 6.56. The maximum Gasteiger partial charge on any atom is 0.170 e. The summed E-state index contributed by atoms with van der Waals surface area (Å²) >= 11 is 7.37. The summed E-state index contributed by atoms with van der Waals surface area (Å²) in [5.74, 6) is 0.469. The van der Waals surface area contributed by atoms with Gasteiger partial charge in [0.1, 0.15) is 10.8 Å². The Balaban J connectivity index is 2.03. The molecule has 0 bridgehead atoms. The Kier molecular flexibility index (Phi) is 2.85. The highest BCUT2D eigenvalue weighted by Crippen LogP contribution is 2.30. The van der Waals surface area contributed by atoms with E-state index in [4.69, 9.17) is 17.3 Å². The number of rotatable bonds is 2. The third-order valence-electron chi connectivity index (χ3n) is 2.39. The normalized spacial score (nSPS) is 10.9. The minimum Gasteiger partial charge on any atom is -0.382 e. The molecule has 3 aromatic rings. The second-order valence-corrected chi connectivity index (χ2v) is 5.18. The maximum absolute atomic E-state index is 5.86.